The van der Waals surface area contributed by atoms with Crippen molar-refractivity contribution in [2.45, 2.75) is 11.8 Å². The molecule has 31 heavy (non-hydrogen) atoms. The molecule has 0 radical (unpaired) electrons. The van der Waals surface area contributed by atoms with Crippen LogP contribution in [0.1, 0.15) is 17.4 Å². The summed E-state index contributed by atoms with van der Waals surface area (Å²) in [6.07, 6.45) is 1.05. The molecule has 3 rings (SSSR count). The summed E-state index contributed by atoms with van der Waals surface area (Å²) in [5.74, 6) is -3.15. The van der Waals surface area contributed by atoms with Gasteiger partial charge in [-0.05, 0) is 43.3 Å². The van der Waals surface area contributed by atoms with E-state index in [-0.39, 0.29) is 28.8 Å². The van der Waals surface area contributed by atoms with E-state index in [0.717, 1.165) is 29.1 Å². The summed E-state index contributed by atoms with van der Waals surface area (Å²) in [7, 11) is -3.41. The van der Waals surface area contributed by atoms with Crippen LogP contribution in [0.5, 0.6) is 5.88 Å². The first-order valence-electron chi connectivity index (χ1n) is 8.94. The van der Waals surface area contributed by atoms with Gasteiger partial charge in [0, 0.05) is 18.0 Å². The first-order valence-corrected chi connectivity index (χ1v) is 10.8. The van der Waals surface area contributed by atoms with Gasteiger partial charge in [-0.2, -0.15) is 5.10 Å². The number of hydrogen-bond acceptors (Lipinski definition) is 6. The lowest BCUT2D eigenvalue weighted by molar-refractivity contribution is 0.101. The van der Waals surface area contributed by atoms with Gasteiger partial charge in [0.25, 0.3) is 5.91 Å². The van der Waals surface area contributed by atoms with Gasteiger partial charge in [-0.15, -0.1) is 0 Å². The fourth-order valence-electron chi connectivity index (χ4n) is 2.63. The second-order valence-electron chi connectivity index (χ2n) is 6.39. The fraction of sp³-hybridized carbons (Fsp3) is 0.150. The van der Waals surface area contributed by atoms with Gasteiger partial charge in [0.05, 0.1) is 23.3 Å². The molecule has 162 valence electrons. The van der Waals surface area contributed by atoms with Crippen LogP contribution in [-0.2, 0) is 9.84 Å². The molecule has 1 amide bonds. The van der Waals surface area contributed by atoms with Gasteiger partial charge >= 0.3 is 0 Å². The monoisotopic (exact) mass is 449 g/mol. The zero-order chi connectivity index (χ0) is 22.8. The molecule has 1 aromatic heterocycles. The number of rotatable bonds is 6. The molecule has 8 nitrogen and oxygen atoms in total. The summed E-state index contributed by atoms with van der Waals surface area (Å²) in [5, 5.41) is 6.41. The minimum atomic E-state index is -3.41. The average Bonchev–Trinajstić information content (AvgIpc) is 2.70. The number of sulfone groups is 1. The summed E-state index contributed by atoms with van der Waals surface area (Å²) in [5.41, 5.74) is -1.02. The van der Waals surface area contributed by atoms with Crippen LogP contribution in [0.4, 0.5) is 14.5 Å². The van der Waals surface area contributed by atoms with Crippen molar-refractivity contribution in [2.75, 3.05) is 18.2 Å². The van der Waals surface area contributed by atoms with Gasteiger partial charge in [-0.25, -0.2) is 21.9 Å². The van der Waals surface area contributed by atoms with Gasteiger partial charge in [0.15, 0.2) is 27.2 Å². The van der Waals surface area contributed by atoms with Crippen LogP contribution in [0.2, 0.25) is 0 Å². The molecule has 0 aliphatic rings. The third-order valence-corrected chi connectivity index (χ3v) is 5.22. The van der Waals surface area contributed by atoms with E-state index in [1.807, 2.05) is 0 Å². The Morgan fingerprint density at radius 1 is 1.10 bits per heavy atom. The highest BCUT2D eigenvalue weighted by Crippen LogP contribution is 2.19. The molecular weight excluding hydrogens is 432 g/mol. The van der Waals surface area contributed by atoms with Gasteiger partial charge in [-0.3, -0.25) is 9.59 Å². The molecule has 0 unspecified atom stereocenters. The van der Waals surface area contributed by atoms with Gasteiger partial charge in [0.1, 0.15) is 0 Å². The predicted octanol–water partition coefficient (Wildman–Crippen LogP) is 2.57. The molecule has 2 aromatic carbocycles. The quantitative estimate of drug-likeness (QED) is 0.620. The molecule has 1 N–H and O–H groups in total. The lowest BCUT2D eigenvalue weighted by Gasteiger charge is -2.14. The predicted molar refractivity (Wildman–Crippen MR) is 108 cm³/mol. The first kappa shape index (κ1) is 22.1. The van der Waals surface area contributed by atoms with E-state index in [1.54, 1.807) is 6.92 Å². The third-order valence-electron chi connectivity index (χ3n) is 4.09. The molecule has 0 aliphatic heterocycles. The number of carbonyl (C=O) groups is 1. The molecule has 0 atom stereocenters. The zero-order valence-corrected chi connectivity index (χ0v) is 17.2. The van der Waals surface area contributed by atoms with Crippen molar-refractivity contribution in [3.63, 3.8) is 0 Å². The van der Waals surface area contributed by atoms with Crippen molar-refractivity contribution in [1.29, 1.82) is 0 Å². The maximum atomic E-state index is 13.7. The highest BCUT2D eigenvalue weighted by Gasteiger charge is 2.19. The normalized spacial score (nSPS) is 11.2. The van der Waals surface area contributed by atoms with Gasteiger partial charge < -0.3 is 10.1 Å². The number of aromatic nitrogens is 2. The smallest absolute Gasteiger partial charge is 0.280 e. The van der Waals surface area contributed by atoms with Crippen LogP contribution in [0, 0.1) is 11.6 Å². The van der Waals surface area contributed by atoms with Crippen LogP contribution >= 0.6 is 0 Å². The highest BCUT2D eigenvalue weighted by molar-refractivity contribution is 7.90. The van der Waals surface area contributed by atoms with E-state index in [2.05, 4.69) is 10.4 Å². The van der Waals surface area contributed by atoms with Crippen molar-refractivity contribution in [3.8, 4) is 11.6 Å². The summed E-state index contributed by atoms with van der Waals surface area (Å²) in [6.45, 7) is 1.81. The summed E-state index contributed by atoms with van der Waals surface area (Å²) >= 11 is 0. The maximum Gasteiger partial charge on any atom is 0.280 e. The highest BCUT2D eigenvalue weighted by atomic mass is 32.2. The summed E-state index contributed by atoms with van der Waals surface area (Å²) in [4.78, 5) is 25.1. The Labute approximate surface area is 176 Å². The largest absolute Gasteiger partial charge is 0.478 e. The standard InChI is InChI=1S/C20H17F2N3O5S/c1-3-30-18-11-17(26)19(24-25(18)13-6-9-15(21)16(22)10-13)20(27)23-12-4-7-14(8-5-12)31(2,28)29/h4-11H,3H2,1-2H3,(H,23,27). The Kier molecular flexibility index (Phi) is 6.16. The first-order chi connectivity index (χ1) is 14.6. The summed E-state index contributed by atoms with van der Waals surface area (Å²) < 4.78 is 56.4. The van der Waals surface area contributed by atoms with E-state index in [9.17, 15) is 26.8 Å². The average molecular weight is 449 g/mol. The van der Waals surface area contributed by atoms with Crippen LogP contribution < -0.4 is 15.5 Å². The number of ether oxygens (including phenoxy) is 1. The van der Waals surface area contributed by atoms with Gasteiger partial charge in [-0.1, -0.05) is 0 Å². The summed E-state index contributed by atoms with van der Waals surface area (Å²) in [6, 6.07) is 9.27. The number of nitrogens with one attached hydrogen (secondary N) is 1. The lowest BCUT2D eigenvalue weighted by Crippen LogP contribution is -2.26. The van der Waals surface area contributed by atoms with Crippen molar-refractivity contribution in [3.05, 3.63) is 76.1 Å². The number of nitrogens with zero attached hydrogens (tertiary/aromatic N) is 2. The van der Waals surface area contributed by atoms with Crippen molar-refractivity contribution >= 4 is 21.4 Å². The van der Waals surface area contributed by atoms with E-state index < -0.39 is 38.5 Å². The second-order valence-corrected chi connectivity index (χ2v) is 8.41. The molecule has 0 bridgehead atoms. The molecule has 0 saturated heterocycles. The number of carbonyl (C=O) groups excluding carboxylic acids is 1. The Bertz CT molecular complexity index is 1310. The van der Waals surface area contributed by atoms with Crippen LogP contribution in [0.25, 0.3) is 5.69 Å². The number of amides is 1. The molecule has 0 aliphatic carbocycles. The van der Waals surface area contributed by atoms with Crippen LogP contribution in [-0.4, -0.2) is 37.0 Å². The molecule has 0 fully saturated rings. The number of anilines is 1. The van der Waals surface area contributed by atoms with Crippen molar-refractivity contribution in [1.82, 2.24) is 9.78 Å². The Balaban J connectivity index is 1.99. The number of halogens is 2. The van der Waals surface area contributed by atoms with Crippen molar-refractivity contribution in [2.24, 2.45) is 0 Å². The van der Waals surface area contributed by atoms with Crippen molar-refractivity contribution < 1.29 is 26.7 Å². The van der Waals surface area contributed by atoms with Crippen LogP contribution in [0.15, 0.2) is 58.2 Å². The SMILES string of the molecule is CCOc1cc(=O)c(C(=O)Nc2ccc(S(C)(=O)=O)cc2)nn1-c1ccc(F)c(F)c1. The Hall–Kier alpha value is -3.60. The fourth-order valence-corrected chi connectivity index (χ4v) is 3.26. The zero-order valence-electron chi connectivity index (χ0n) is 16.4. The van der Waals surface area contributed by atoms with E-state index >= 15 is 0 Å². The minimum Gasteiger partial charge on any atom is -0.478 e. The number of benzene rings is 2. The Morgan fingerprint density at radius 2 is 1.77 bits per heavy atom. The van der Waals surface area contributed by atoms with Gasteiger partial charge in [0.2, 0.25) is 11.3 Å². The second kappa shape index (κ2) is 8.64. The molecular formula is C20H17F2N3O5S. The van der Waals surface area contributed by atoms with E-state index in [0.29, 0.717) is 0 Å². The third kappa shape index (κ3) is 4.94. The van der Waals surface area contributed by atoms with E-state index in [1.165, 1.54) is 30.3 Å². The molecule has 0 spiro atoms. The molecule has 1 heterocycles. The molecule has 3 aromatic rings. The number of hydrogen-bond donors (Lipinski definition) is 1. The maximum absolute atomic E-state index is 13.7. The van der Waals surface area contributed by atoms with Crippen LogP contribution in [0.3, 0.4) is 0 Å². The van der Waals surface area contributed by atoms with E-state index in [4.69, 9.17) is 4.74 Å². The molecule has 0 saturated carbocycles. The Morgan fingerprint density at radius 3 is 2.35 bits per heavy atom. The topological polar surface area (TPSA) is 107 Å². The lowest BCUT2D eigenvalue weighted by atomic mass is 10.2. The minimum absolute atomic E-state index is 0.0360. The molecule has 11 heteroatoms.